The van der Waals surface area contributed by atoms with E-state index in [0.29, 0.717) is 12.1 Å². The number of rotatable bonds is 2. The van der Waals surface area contributed by atoms with Crippen LogP contribution in [0.3, 0.4) is 0 Å². The van der Waals surface area contributed by atoms with Gasteiger partial charge in [-0.25, -0.2) is 0 Å². The molecule has 2 saturated heterocycles. The molecule has 2 heterocycles. The number of likely N-dealkylation sites (tertiary alicyclic amines) is 2. The fourth-order valence-corrected chi connectivity index (χ4v) is 3.10. The quantitative estimate of drug-likeness (QED) is 0.770. The zero-order valence-electron chi connectivity index (χ0n) is 11.1. The first-order valence-electron chi connectivity index (χ1n) is 6.87. The standard InChI is InChI=1S/C13H25N3O/c1-11(17)15-9-5-13(6-10-15)16-7-3-12(14-2)4-8-16/h12-14H,3-10H2,1-2H3. The van der Waals surface area contributed by atoms with Crippen molar-refractivity contribution in [2.24, 2.45) is 0 Å². The average molecular weight is 239 g/mol. The number of nitrogens with zero attached hydrogens (tertiary/aromatic N) is 2. The van der Waals surface area contributed by atoms with E-state index >= 15 is 0 Å². The molecule has 0 radical (unpaired) electrons. The molecule has 2 rings (SSSR count). The molecule has 4 nitrogen and oxygen atoms in total. The first kappa shape index (κ1) is 12.8. The SMILES string of the molecule is CNC1CCN(C2CCN(C(C)=O)CC2)CC1. The summed E-state index contributed by atoms with van der Waals surface area (Å²) in [5, 5.41) is 3.37. The van der Waals surface area contributed by atoms with Crippen LogP contribution in [0.4, 0.5) is 0 Å². The number of carbonyl (C=O) groups is 1. The maximum atomic E-state index is 11.3. The van der Waals surface area contributed by atoms with Crippen LogP contribution in [0, 0.1) is 0 Å². The molecule has 2 fully saturated rings. The number of amides is 1. The topological polar surface area (TPSA) is 35.6 Å². The zero-order valence-corrected chi connectivity index (χ0v) is 11.1. The third-order valence-corrected chi connectivity index (χ3v) is 4.36. The molecule has 1 N–H and O–H groups in total. The molecule has 0 bridgehead atoms. The summed E-state index contributed by atoms with van der Waals surface area (Å²) in [7, 11) is 2.06. The Morgan fingerprint density at radius 1 is 1.06 bits per heavy atom. The second kappa shape index (κ2) is 5.83. The lowest BCUT2D eigenvalue weighted by molar-refractivity contribution is -0.130. The lowest BCUT2D eigenvalue weighted by atomic mass is 9.98. The summed E-state index contributed by atoms with van der Waals surface area (Å²) in [6, 6.07) is 1.42. The van der Waals surface area contributed by atoms with E-state index in [0.717, 1.165) is 25.9 Å². The number of nitrogens with one attached hydrogen (secondary N) is 1. The van der Waals surface area contributed by atoms with Crippen LogP contribution in [0.15, 0.2) is 0 Å². The Bertz CT molecular complexity index is 253. The molecule has 0 aromatic heterocycles. The van der Waals surface area contributed by atoms with Crippen molar-refractivity contribution in [2.45, 2.75) is 44.7 Å². The first-order chi connectivity index (χ1) is 8.20. The molecule has 0 unspecified atom stereocenters. The average Bonchev–Trinajstić information content (AvgIpc) is 2.39. The molecule has 2 aliphatic heterocycles. The van der Waals surface area contributed by atoms with Gasteiger partial charge in [-0.3, -0.25) is 4.79 Å². The van der Waals surface area contributed by atoms with E-state index in [1.54, 1.807) is 6.92 Å². The molecule has 1 amide bonds. The van der Waals surface area contributed by atoms with E-state index in [-0.39, 0.29) is 5.91 Å². The lowest BCUT2D eigenvalue weighted by Crippen LogP contribution is -2.50. The van der Waals surface area contributed by atoms with E-state index in [9.17, 15) is 4.79 Å². The number of hydrogen-bond acceptors (Lipinski definition) is 3. The van der Waals surface area contributed by atoms with Gasteiger partial charge in [-0.15, -0.1) is 0 Å². The molecule has 2 aliphatic rings. The minimum atomic E-state index is 0.234. The molecule has 0 spiro atoms. The van der Waals surface area contributed by atoms with Crippen LogP contribution in [-0.4, -0.2) is 61.0 Å². The molecule has 17 heavy (non-hydrogen) atoms. The van der Waals surface area contributed by atoms with Gasteiger partial charge in [-0.1, -0.05) is 0 Å². The highest BCUT2D eigenvalue weighted by Gasteiger charge is 2.28. The van der Waals surface area contributed by atoms with Crippen molar-refractivity contribution in [1.82, 2.24) is 15.1 Å². The van der Waals surface area contributed by atoms with Gasteiger partial charge in [0.25, 0.3) is 0 Å². The third kappa shape index (κ3) is 3.19. The van der Waals surface area contributed by atoms with Crippen molar-refractivity contribution in [3.63, 3.8) is 0 Å². The molecule has 98 valence electrons. The van der Waals surface area contributed by atoms with Crippen molar-refractivity contribution < 1.29 is 4.79 Å². The molecule has 0 saturated carbocycles. The lowest BCUT2D eigenvalue weighted by Gasteiger charge is -2.41. The second-order valence-electron chi connectivity index (χ2n) is 5.34. The summed E-state index contributed by atoms with van der Waals surface area (Å²) in [4.78, 5) is 15.9. The minimum Gasteiger partial charge on any atom is -0.343 e. The maximum absolute atomic E-state index is 11.3. The van der Waals surface area contributed by atoms with Crippen LogP contribution in [0.1, 0.15) is 32.6 Å². The normalized spacial score (nSPS) is 25.2. The molecular weight excluding hydrogens is 214 g/mol. The summed E-state index contributed by atoms with van der Waals surface area (Å²) in [5.74, 6) is 0.234. The predicted octanol–water partition coefficient (Wildman–Crippen LogP) is 0.681. The van der Waals surface area contributed by atoms with Gasteiger partial charge in [0.2, 0.25) is 5.91 Å². The predicted molar refractivity (Wildman–Crippen MR) is 68.9 cm³/mol. The van der Waals surface area contributed by atoms with Crippen LogP contribution >= 0.6 is 0 Å². The fraction of sp³-hybridized carbons (Fsp3) is 0.923. The van der Waals surface area contributed by atoms with Gasteiger partial charge in [-0.05, 0) is 45.8 Å². The molecule has 0 atom stereocenters. The van der Waals surface area contributed by atoms with E-state index in [1.807, 2.05) is 4.90 Å². The largest absolute Gasteiger partial charge is 0.343 e. The smallest absolute Gasteiger partial charge is 0.219 e. The van der Waals surface area contributed by atoms with Gasteiger partial charge >= 0.3 is 0 Å². The number of piperidine rings is 2. The minimum absolute atomic E-state index is 0.234. The second-order valence-corrected chi connectivity index (χ2v) is 5.34. The van der Waals surface area contributed by atoms with Crippen molar-refractivity contribution in [1.29, 1.82) is 0 Å². The van der Waals surface area contributed by atoms with Crippen molar-refractivity contribution in [3.8, 4) is 0 Å². The molecule has 0 aromatic carbocycles. The Kier molecular flexibility index (Phi) is 4.40. The molecule has 4 heteroatoms. The van der Waals surface area contributed by atoms with Crippen LogP contribution in [0.5, 0.6) is 0 Å². The van der Waals surface area contributed by atoms with Gasteiger partial charge in [-0.2, -0.15) is 0 Å². The first-order valence-corrected chi connectivity index (χ1v) is 6.87. The van der Waals surface area contributed by atoms with Gasteiger partial charge < -0.3 is 15.1 Å². The fourth-order valence-electron chi connectivity index (χ4n) is 3.10. The Balaban J connectivity index is 1.76. The van der Waals surface area contributed by atoms with E-state index in [4.69, 9.17) is 0 Å². The monoisotopic (exact) mass is 239 g/mol. The highest BCUT2D eigenvalue weighted by molar-refractivity contribution is 5.73. The molecule has 0 aromatic rings. The zero-order chi connectivity index (χ0) is 12.3. The Morgan fingerprint density at radius 2 is 1.65 bits per heavy atom. The van der Waals surface area contributed by atoms with Crippen LogP contribution in [-0.2, 0) is 4.79 Å². The molecule has 0 aliphatic carbocycles. The number of carbonyl (C=O) groups excluding carboxylic acids is 1. The number of hydrogen-bond donors (Lipinski definition) is 1. The van der Waals surface area contributed by atoms with E-state index < -0.39 is 0 Å². The summed E-state index contributed by atoms with van der Waals surface area (Å²) in [6.45, 7) is 6.02. The van der Waals surface area contributed by atoms with Gasteiger partial charge in [0.15, 0.2) is 0 Å². The van der Waals surface area contributed by atoms with Gasteiger partial charge in [0.1, 0.15) is 0 Å². The van der Waals surface area contributed by atoms with Crippen LogP contribution < -0.4 is 5.32 Å². The summed E-state index contributed by atoms with van der Waals surface area (Å²) >= 11 is 0. The van der Waals surface area contributed by atoms with Gasteiger partial charge in [0.05, 0.1) is 0 Å². The summed E-state index contributed by atoms with van der Waals surface area (Å²) in [6.07, 6.45) is 4.85. The third-order valence-electron chi connectivity index (χ3n) is 4.36. The van der Waals surface area contributed by atoms with E-state index in [1.165, 1.54) is 25.9 Å². The Labute approximate surface area is 104 Å². The van der Waals surface area contributed by atoms with Crippen molar-refractivity contribution in [3.05, 3.63) is 0 Å². The highest BCUT2D eigenvalue weighted by atomic mass is 16.2. The summed E-state index contributed by atoms with van der Waals surface area (Å²) < 4.78 is 0. The van der Waals surface area contributed by atoms with Crippen molar-refractivity contribution in [2.75, 3.05) is 33.2 Å². The summed E-state index contributed by atoms with van der Waals surface area (Å²) in [5.41, 5.74) is 0. The molecular formula is C13H25N3O. The van der Waals surface area contributed by atoms with Crippen LogP contribution in [0.25, 0.3) is 0 Å². The maximum Gasteiger partial charge on any atom is 0.219 e. The van der Waals surface area contributed by atoms with E-state index in [2.05, 4.69) is 17.3 Å². The van der Waals surface area contributed by atoms with Crippen molar-refractivity contribution >= 4 is 5.91 Å². The Hall–Kier alpha value is -0.610. The van der Waals surface area contributed by atoms with Gasteiger partial charge in [0, 0.05) is 32.1 Å². The highest BCUT2D eigenvalue weighted by Crippen LogP contribution is 2.20. The Morgan fingerprint density at radius 3 is 2.12 bits per heavy atom. The van der Waals surface area contributed by atoms with Crippen LogP contribution in [0.2, 0.25) is 0 Å².